The summed E-state index contributed by atoms with van der Waals surface area (Å²) < 4.78 is 0. The minimum absolute atomic E-state index is 0.0716. The fourth-order valence-electron chi connectivity index (χ4n) is 0.783. The molecule has 0 saturated heterocycles. The molecule has 0 aromatic rings. The minimum Gasteiger partial charge on any atom is -0.295 e. The highest BCUT2D eigenvalue weighted by molar-refractivity contribution is 5.87. The normalized spacial score (nSPS) is 12.4. The van der Waals surface area contributed by atoms with E-state index in [4.69, 9.17) is 0 Å². The van der Waals surface area contributed by atoms with Gasteiger partial charge in [0.15, 0.2) is 5.78 Å². The van der Waals surface area contributed by atoms with Gasteiger partial charge in [-0.15, -0.1) is 0 Å². The molecule has 14 heavy (non-hydrogen) atoms. The van der Waals surface area contributed by atoms with Crippen LogP contribution in [0.1, 0.15) is 27.7 Å². The third-order valence-corrected chi connectivity index (χ3v) is 1.48. The molecule has 0 radical (unpaired) electrons. The molecule has 0 aliphatic carbocycles. The standard InChI is InChI=1S/C13H18O/c1-11(2)7-5-8-12(3)9-6-10-13(4)14/h5-10H,1-4H3. The molecule has 0 bridgehead atoms. The number of ketones is 1. The maximum atomic E-state index is 10.6. The van der Waals surface area contributed by atoms with E-state index in [1.54, 1.807) is 19.1 Å². The first-order chi connectivity index (χ1) is 6.52. The van der Waals surface area contributed by atoms with E-state index in [-0.39, 0.29) is 5.78 Å². The lowest BCUT2D eigenvalue weighted by atomic mass is 10.2. The van der Waals surface area contributed by atoms with Crippen molar-refractivity contribution in [2.75, 3.05) is 0 Å². The van der Waals surface area contributed by atoms with Crippen LogP contribution in [0.3, 0.4) is 0 Å². The maximum Gasteiger partial charge on any atom is 0.152 e. The number of carbonyl (C=O) groups is 1. The van der Waals surface area contributed by atoms with Gasteiger partial charge in [-0.2, -0.15) is 0 Å². The Morgan fingerprint density at radius 1 is 0.857 bits per heavy atom. The Hall–Kier alpha value is -1.37. The molecule has 0 fully saturated rings. The average Bonchev–Trinajstić information content (AvgIpc) is 2.02. The molecule has 0 atom stereocenters. The monoisotopic (exact) mass is 190 g/mol. The molecular formula is C13H18O. The molecular weight excluding hydrogens is 172 g/mol. The average molecular weight is 190 g/mol. The second-order valence-corrected chi connectivity index (χ2v) is 3.48. The van der Waals surface area contributed by atoms with Gasteiger partial charge in [-0.1, -0.05) is 41.5 Å². The summed E-state index contributed by atoms with van der Waals surface area (Å²) in [5, 5.41) is 0. The molecule has 0 aromatic carbocycles. The summed E-state index contributed by atoms with van der Waals surface area (Å²) in [6.45, 7) is 7.65. The lowest BCUT2D eigenvalue weighted by molar-refractivity contribution is -0.112. The van der Waals surface area contributed by atoms with Gasteiger partial charge in [-0.3, -0.25) is 4.79 Å². The summed E-state index contributed by atoms with van der Waals surface area (Å²) in [6, 6.07) is 0. The molecule has 0 saturated carbocycles. The van der Waals surface area contributed by atoms with Gasteiger partial charge in [0.1, 0.15) is 0 Å². The Kier molecular flexibility index (Phi) is 6.38. The number of carbonyl (C=O) groups excluding carboxylic acids is 1. The molecule has 0 unspecified atom stereocenters. The van der Waals surface area contributed by atoms with Crippen LogP contribution < -0.4 is 0 Å². The van der Waals surface area contributed by atoms with Crippen molar-refractivity contribution in [2.45, 2.75) is 27.7 Å². The summed E-state index contributed by atoms with van der Waals surface area (Å²) in [7, 11) is 0. The lowest BCUT2D eigenvalue weighted by Gasteiger charge is -1.87. The van der Waals surface area contributed by atoms with Crippen LogP contribution in [0.5, 0.6) is 0 Å². The van der Waals surface area contributed by atoms with Gasteiger partial charge in [-0.05, 0) is 33.8 Å². The van der Waals surface area contributed by atoms with E-state index in [2.05, 4.69) is 13.8 Å². The zero-order valence-electron chi connectivity index (χ0n) is 9.37. The fourth-order valence-corrected chi connectivity index (χ4v) is 0.783. The Balaban J connectivity index is 4.20. The highest BCUT2D eigenvalue weighted by atomic mass is 16.1. The molecule has 0 spiro atoms. The van der Waals surface area contributed by atoms with Crippen molar-refractivity contribution in [1.82, 2.24) is 0 Å². The Labute approximate surface area is 86.5 Å². The number of allylic oxidation sites excluding steroid dienone is 8. The molecule has 0 N–H and O–H groups in total. The first-order valence-electron chi connectivity index (χ1n) is 4.69. The zero-order valence-corrected chi connectivity index (χ0v) is 9.37. The van der Waals surface area contributed by atoms with Crippen LogP contribution in [0.25, 0.3) is 0 Å². The van der Waals surface area contributed by atoms with Crippen molar-refractivity contribution >= 4 is 5.78 Å². The van der Waals surface area contributed by atoms with Gasteiger partial charge in [-0.25, -0.2) is 0 Å². The second kappa shape index (κ2) is 7.07. The Morgan fingerprint density at radius 3 is 1.93 bits per heavy atom. The molecule has 0 aliphatic rings. The third kappa shape index (κ3) is 8.72. The van der Waals surface area contributed by atoms with E-state index in [9.17, 15) is 4.79 Å². The van der Waals surface area contributed by atoms with Crippen molar-refractivity contribution in [3.63, 3.8) is 0 Å². The molecule has 1 heteroatoms. The highest BCUT2D eigenvalue weighted by Gasteiger charge is 1.80. The zero-order chi connectivity index (χ0) is 11.0. The van der Waals surface area contributed by atoms with Crippen molar-refractivity contribution in [1.29, 1.82) is 0 Å². The van der Waals surface area contributed by atoms with E-state index in [0.29, 0.717) is 0 Å². The SMILES string of the molecule is CC(=O)C=CC=C(C)C=CC=C(C)C. The van der Waals surface area contributed by atoms with Gasteiger partial charge < -0.3 is 0 Å². The summed E-state index contributed by atoms with van der Waals surface area (Å²) >= 11 is 0. The first-order valence-corrected chi connectivity index (χ1v) is 4.69. The molecule has 0 aliphatic heterocycles. The van der Waals surface area contributed by atoms with Crippen molar-refractivity contribution in [2.24, 2.45) is 0 Å². The quantitative estimate of drug-likeness (QED) is 0.489. The van der Waals surface area contributed by atoms with Crippen LogP contribution in [0.4, 0.5) is 0 Å². The minimum atomic E-state index is 0.0716. The molecule has 76 valence electrons. The van der Waals surface area contributed by atoms with Gasteiger partial charge in [0.2, 0.25) is 0 Å². The van der Waals surface area contributed by atoms with E-state index < -0.39 is 0 Å². The largest absolute Gasteiger partial charge is 0.295 e. The molecule has 0 rings (SSSR count). The number of hydrogen-bond acceptors (Lipinski definition) is 1. The predicted octanol–water partition coefficient (Wildman–Crippen LogP) is 3.60. The van der Waals surface area contributed by atoms with Crippen LogP contribution in [-0.2, 0) is 4.79 Å². The van der Waals surface area contributed by atoms with Crippen LogP contribution >= 0.6 is 0 Å². The molecule has 0 heterocycles. The van der Waals surface area contributed by atoms with Gasteiger partial charge in [0.25, 0.3) is 0 Å². The molecule has 0 aromatic heterocycles. The smallest absolute Gasteiger partial charge is 0.152 e. The lowest BCUT2D eigenvalue weighted by Crippen LogP contribution is -1.78. The predicted molar refractivity (Wildman–Crippen MR) is 62.1 cm³/mol. The summed E-state index contributed by atoms with van der Waals surface area (Å²) in [5.41, 5.74) is 2.40. The van der Waals surface area contributed by atoms with E-state index in [1.807, 2.05) is 31.2 Å². The van der Waals surface area contributed by atoms with Crippen LogP contribution in [-0.4, -0.2) is 5.78 Å². The summed E-state index contributed by atoms with van der Waals surface area (Å²) in [6.07, 6.45) is 11.3. The van der Waals surface area contributed by atoms with Crippen LogP contribution in [0.15, 0.2) is 47.6 Å². The van der Waals surface area contributed by atoms with Gasteiger partial charge >= 0.3 is 0 Å². The van der Waals surface area contributed by atoms with E-state index >= 15 is 0 Å². The maximum absolute atomic E-state index is 10.6. The Bertz CT molecular complexity index is 297. The Morgan fingerprint density at radius 2 is 1.43 bits per heavy atom. The van der Waals surface area contributed by atoms with Crippen LogP contribution in [0, 0.1) is 0 Å². The van der Waals surface area contributed by atoms with E-state index in [0.717, 1.165) is 5.57 Å². The van der Waals surface area contributed by atoms with Crippen molar-refractivity contribution < 1.29 is 4.79 Å². The molecule has 0 amide bonds. The second-order valence-electron chi connectivity index (χ2n) is 3.48. The summed E-state index contributed by atoms with van der Waals surface area (Å²) in [5.74, 6) is 0.0716. The summed E-state index contributed by atoms with van der Waals surface area (Å²) in [4.78, 5) is 10.6. The first kappa shape index (κ1) is 12.6. The third-order valence-electron chi connectivity index (χ3n) is 1.48. The van der Waals surface area contributed by atoms with Crippen molar-refractivity contribution in [3.8, 4) is 0 Å². The topological polar surface area (TPSA) is 17.1 Å². The van der Waals surface area contributed by atoms with Crippen molar-refractivity contribution in [3.05, 3.63) is 47.6 Å². The highest BCUT2D eigenvalue weighted by Crippen LogP contribution is 1.97. The number of hydrogen-bond donors (Lipinski definition) is 0. The van der Waals surface area contributed by atoms with Gasteiger partial charge in [0.05, 0.1) is 0 Å². The molecule has 1 nitrogen and oxygen atoms in total. The van der Waals surface area contributed by atoms with Crippen LogP contribution in [0.2, 0.25) is 0 Å². The van der Waals surface area contributed by atoms with E-state index in [1.165, 1.54) is 5.57 Å². The van der Waals surface area contributed by atoms with Gasteiger partial charge in [0, 0.05) is 0 Å². The fraction of sp³-hybridized carbons (Fsp3) is 0.308. The number of rotatable bonds is 4.